The van der Waals surface area contributed by atoms with Crippen molar-refractivity contribution in [3.63, 3.8) is 0 Å². The first-order valence-electron chi connectivity index (χ1n) is 12.6. The van der Waals surface area contributed by atoms with Crippen molar-refractivity contribution in [1.29, 1.82) is 0 Å². The Bertz CT molecular complexity index is 903. The van der Waals surface area contributed by atoms with Crippen LogP contribution in [-0.4, -0.2) is 61.3 Å². The summed E-state index contributed by atoms with van der Waals surface area (Å²) in [4.78, 5) is 12.5. The lowest BCUT2D eigenvalue weighted by molar-refractivity contribution is 0.0914. The van der Waals surface area contributed by atoms with E-state index in [0.29, 0.717) is 43.6 Å². The summed E-state index contributed by atoms with van der Waals surface area (Å²) in [5.74, 6) is 1.47. The van der Waals surface area contributed by atoms with Gasteiger partial charge in [-0.15, -0.1) is 0 Å². The summed E-state index contributed by atoms with van der Waals surface area (Å²) in [5, 5.41) is 10.5. The third-order valence-electron chi connectivity index (χ3n) is 7.14. The lowest BCUT2D eigenvalue weighted by atomic mass is 9.86. The van der Waals surface area contributed by atoms with Gasteiger partial charge in [0.2, 0.25) is 10.0 Å². The third kappa shape index (κ3) is 7.02. The number of hydrogen-bond donors (Lipinski definition) is 2. The molecular weight excluding hydrogens is 440 g/mol. The van der Waals surface area contributed by atoms with Crippen LogP contribution in [0, 0.1) is 11.3 Å². The number of piperidine rings is 1. The van der Waals surface area contributed by atoms with Crippen molar-refractivity contribution >= 4 is 15.9 Å². The zero-order valence-corrected chi connectivity index (χ0v) is 21.1. The van der Waals surface area contributed by atoms with Gasteiger partial charge in [0.25, 0.3) is 5.91 Å². The molecule has 33 heavy (non-hydrogen) atoms. The minimum Gasteiger partial charge on any atom is -0.360 e. The van der Waals surface area contributed by atoms with E-state index in [1.807, 2.05) is 0 Å². The molecule has 186 valence electrons. The van der Waals surface area contributed by atoms with E-state index < -0.39 is 10.0 Å². The number of aromatic nitrogens is 1. The Morgan fingerprint density at radius 2 is 1.73 bits per heavy atom. The molecule has 2 aliphatic carbocycles. The molecule has 2 N–H and O–H groups in total. The third-order valence-corrected chi connectivity index (χ3v) is 9.18. The molecule has 1 saturated heterocycles. The van der Waals surface area contributed by atoms with Crippen LogP contribution >= 0.6 is 0 Å². The van der Waals surface area contributed by atoms with Crippen LogP contribution in [0.1, 0.15) is 94.3 Å². The predicted molar refractivity (Wildman–Crippen MR) is 128 cm³/mol. The topological polar surface area (TPSA) is 105 Å². The Balaban J connectivity index is 1.18. The highest BCUT2D eigenvalue weighted by Gasteiger charge is 2.33. The van der Waals surface area contributed by atoms with E-state index in [2.05, 4.69) is 36.6 Å². The van der Waals surface area contributed by atoms with Gasteiger partial charge in [-0.2, -0.15) is 0 Å². The highest BCUT2D eigenvalue weighted by atomic mass is 32.2. The molecule has 8 nitrogen and oxygen atoms in total. The van der Waals surface area contributed by atoms with Crippen molar-refractivity contribution in [3.8, 4) is 0 Å². The minimum absolute atomic E-state index is 0.0330. The number of carbonyl (C=O) groups excluding carboxylic acids is 1. The number of nitrogens with zero attached hydrogens (tertiary/aromatic N) is 2. The summed E-state index contributed by atoms with van der Waals surface area (Å²) < 4.78 is 32.9. The number of carbonyl (C=O) groups is 1. The van der Waals surface area contributed by atoms with E-state index in [-0.39, 0.29) is 29.0 Å². The molecule has 1 amide bonds. The van der Waals surface area contributed by atoms with E-state index in [1.165, 1.54) is 0 Å². The first-order valence-corrected chi connectivity index (χ1v) is 14.2. The second kappa shape index (κ2) is 10.0. The molecule has 1 aliphatic heterocycles. The molecule has 1 aromatic rings. The molecule has 3 aliphatic rings. The van der Waals surface area contributed by atoms with Crippen LogP contribution in [0.2, 0.25) is 0 Å². The summed E-state index contributed by atoms with van der Waals surface area (Å²) in [7, 11) is -3.27. The standard InChI is InChI=1S/C24H40N4O4S/c1-24(2,3)16-25-19-8-4-17(5-9-19)15-33(30,31)28-12-10-20(11-13-28)26-23(29)21-14-22(32-27-21)18-6-7-18/h14,17-20,25H,4-13,15-16H2,1-3H3,(H,26,29). The predicted octanol–water partition coefficient (Wildman–Crippen LogP) is 3.27. The first kappa shape index (κ1) is 24.7. The highest BCUT2D eigenvalue weighted by molar-refractivity contribution is 7.89. The van der Waals surface area contributed by atoms with Crippen LogP contribution in [0.15, 0.2) is 10.6 Å². The van der Waals surface area contributed by atoms with E-state index in [1.54, 1.807) is 10.4 Å². The second-order valence-corrected chi connectivity index (χ2v) is 13.5. The Morgan fingerprint density at radius 3 is 2.33 bits per heavy atom. The highest BCUT2D eigenvalue weighted by Crippen LogP contribution is 2.40. The van der Waals surface area contributed by atoms with Crippen LogP contribution in [0.5, 0.6) is 0 Å². The molecule has 1 aromatic heterocycles. The van der Waals surface area contributed by atoms with Crippen molar-refractivity contribution in [1.82, 2.24) is 20.1 Å². The number of hydrogen-bond acceptors (Lipinski definition) is 6. The fourth-order valence-corrected chi connectivity index (χ4v) is 6.79. The fourth-order valence-electron chi connectivity index (χ4n) is 4.88. The van der Waals surface area contributed by atoms with Gasteiger partial charge in [-0.3, -0.25) is 4.79 Å². The van der Waals surface area contributed by atoms with E-state index in [9.17, 15) is 13.2 Å². The zero-order valence-electron chi connectivity index (χ0n) is 20.3. The molecule has 0 radical (unpaired) electrons. The number of amides is 1. The summed E-state index contributed by atoms with van der Waals surface area (Å²) >= 11 is 0. The zero-order chi connectivity index (χ0) is 23.6. The summed E-state index contributed by atoms with van der Waals surface area (Å²) in [6.07, 6.45) is 7.48. The maximum atomic E-state index is 13.0. The molecule has 0 aromatic carbocycles. The van der Waals surface area contributed by atoms with E-state index >= 15 is 0 Å². The SMILES string of the molecule is CC(C)(C)CNC1CCC(CS(=O)(=O)N2CCC(NC(=O)c3cc(C4CC4)on3)CC2)CC1. The molecule has 2 saturated carbocycles. The van der Waals surface area contributed by atoms with Crippen LogP contribution < -0.4 is 10.6 Å². The monoisotopic (exact) mass is 480 g/mol. The van der Waals surface area contributed by atoms with Gasteiger partial charge in [0.05, 0.1) is 5.75 Å². The maximum absolute atomic E-state index is 13.0. The summed E-state index contributed by atoms with van der Waals surface area (Å²) in [6, 6.07) is 2.21. The smallest absolute Gasteiger partial charge is 0.273 e. The number of rotatable bonds is 8. The largest absolute Gasteiger partial charge is 0.360 e. The molecule has 9 heteroatoms. The minimum atomic E-state index is -3.27. The fraction of sp³-hybridized carbons (Fsp3) is 0.833. The van der Waals surface area contributed by atoms with Gasteiger partial charge < -0.3 is 15.2 Å². The molecule has 0 bridgehead atoms. The lowest BCUT2D eigenvalue weighted by Gasteiger charge is -2.34. The van der Waals surface area contributed by atoms with Crippen molar-refractivity contribution < 1.29 is 17.7 Å². The quantitative estimate of drug-likeness (QED) is 0.592. The van der Waals surface area contributed by atoms with Crippen molar-refractivity contribution in [2.24, 2.45) is 11.3 Å². The van der Waals surface area contributed by atoms with Gasteiger partial charge in [-0.1, -0.05) is 25.9 Å². The average Bonchev–Trinajstić information content (AvgIpc) is 3.49. The maximum Gasteiger partial charge on any atom is 0.273 e. The van der Waals surface area contributed by atoms with E-state index in [4.69, 9.17) is 4.52 Å². The van der Waals surface area contributed by atoms with Gasteiger partial charge >= 0.3 is 0 Å². The molecule has 0 spiro atoms. The number of nitrogens with one attached hydrogen (secondary N) is 2. The summed E-state index contributed by atoms with van der Waals surface area (Å²) in [5.41, 5.74) is 0.583. The van der Waals surface area contributed by atoms with Gasteiger partial charge in [-0.05, 0) is 62.7 Å². The van der Waals surface area contributed by atoms with Crippen molar-refractivity contribution in [2.45, 2.75) is 90.1 Å². The Kier molecular flexibility index (Phi) is 7.50. The van der Waals surface area contributed by atoms with Gasteiger partial charge in [0, 0.05) is 43.7 Å². The normalized spacial score (nSPS) is 25.8. The average molecular weight is 481 g/mol. The molecule has 0 atom stereocenters. The second-order valence-electron chi connectivity index (χ2n) is 11.5. The Morgan fingerprint density at radius 1 is 1.06 bits per heavy atom. The molecule has 0 unspecified atom stereocenters. The van der Waals surface area contributed by atoms with Gasteiger partial charge in [0.15, 0.2) is 5.69 Å². The van der Waals surface area contributed by atoms with Crippen molar-refractivity contribution in [3.05, 3.63) is 17.5 Å². The Hall–Kier alpha value is -1.45. The van der Waals surface area contributed by atoms with Crippen LogP contribution in [0.3, 0.4) is 0 Å². The van der Waals surface area contributed by atoms with Crippen LogP contribution in [0.4, 0.5) is 0 Å². The molecule has 4 rings (SSSR count). The van der Waals surface area contributed by atoms with Crippen LogP contribution in [0.25, 0.3) is 0 Å². The van der Waals surface area contributed by atoms with Gasteiger partial charge in [0.1, 0.15) is 5.76 Å². The van der Waals surface area contributed by atoms with Crippen molar-refractivity contribution in [2.75, 3.05) is 25.4 Å². The lowest BCUT2D eigenvalue weighted by Crippen LogP contribution is -2.48. The van der Waals surface area contributed by atoms with E-state index in [0.717, 1.165) is 50.8 Å². The molecule has 3 fully saturated rings. The first-order chi connectivity index (χ1) is 15.6. The van der Waals surface area contributed by atoms with Crippen LogP contribution in [-0.2, 0) is 10.0 Å². The molecule has 2 heterocycles. The number of sulfonamides is 1. The molecular formula is C24H40N4O4S. The van der Waals surface area contributed by atoms with Gasteiger partial charge in [-0.25, -0.2) is 12.7 Å². The summed E-state index contributed by atoms with van der Waals surface area (Å²) in [6.45, 7) is 8.60. The Labute approximate surface area is 198 Å².